The van der Waals surface area contributed by atoms with E-state index in [9.17, 15) is 9.59 Å². The molecule has 0 aliphatic heterocycles. The standard InChI is InChI=1S/C20H26N4O4/c1-24-18(20(26)28-3)17(23-16(25)12-27-2)15-9-14(11-22-19(15)24)21-10-13-7-5-4-6-8-13/h4-5,9,11,13,21H,6-8,10,12H2,1-3H3,(H,23,25)/t13-/m1/s1. The monoisotopic (exact) mass is 386 g/mol. The van der Waals surface area contributed by atoms with Crippen LogP contribution in [-0.2, 0) is 21.3 Å². The third-order valence-corrected chi connectivity index (χ3v) is 4.92. The van der Waals surface area contributed by atoms with Gasteiger partial charge in [0.1, 0.15) is 12.3 Å². The Morgan fingerprint density at radius 1 is 1.32 bits per heavy atom. The van der Waals surface area contributed by atoms with Gasteiger partial charge in [-0.1, -0.05) is 12.2 Å². The molecule has 150 valence electrons. The lowest BCUT2D eigenvalue weighted by molar-refractivity contribution is -0.119. The van der Waals surface area contributed by atoms with Gasteiger partial charge in [-0.15, -0.1) is 0 Å². The maximum atomic E-state index is 12.3. The van der Waals surface area contributed by atoms with Crippen LogP contribution in [0, 0.1) is 5.92 Å². The van der Waals surface area contributed by atoms with E-state index in [0.717, 1.165) is 31.5 Å². The second kappa shape index (κ2) is 8.88. The fourth-order valence-corrected chi connectivity index (χ4v) is 3.48. The molecule has 8 nitrogen and oxygen atoms in total. The van der Waals surface area contributed by atoms with E-state index in [1.54, 1.807) is 17.8 Å². The summed E-state index contributed by atoms with van der Waals surface area (Å²) in [6.45, 7) is 0.733. The van der Waals surface area contributed by atoms with E-state index in [2.05, 4.69) is 27.8 Å². The summed E-state index contributed by atoms with van der Waals surface area (Å²) in [6, 6.07) is 1.90. The van der Waals surface area contributed by atoms with Gasteiger partial charge in [0.15, 0.2) is 5.69 Å². The number of nitrogens with zero attached hydrogens (tertiary/aromatic N) is 2. The molecule has 0 aromatic carbocycles. The molecule has 0 bridgehead atoms. The third kappa shape index (κ3) is 4.17. The van der Waals surface area contributed by atoms with Crippen molar-refractivity contribution in [1.82, 2.24) is 9.55 Å². The van der Waals surface area contributed by atoms with Crippen molar-refractivity contribution in [2.24, 2.45) is 13.0 Å². The molecule has 2 aromatic heterocycles. The van der Waals surface area contributed by atoms with E-state index >= 15 is 0 Å². The molecule has 1 amide bonds. The van der Waals surface area contributed by atoms with Crippen LogP contribution in [0.3, 0.4) is 0 Å². The molecule has 1 aliphatic rings. The Morgan fingerprint density at radius 3 is 2.82 bits per heavy atom. The van der Waals surface area contributed by atoms with Gasteiger partial charge in [-0.3, -0.25) is 4.79 Å². The van der Waals surface area contributed by atoms with Crippen molar-refractivity contribution in [1.29, 1.82) is 0 Å². The molecule has 0 fully saturated rings. The number of amides is 1. The Labute approximate surface area is 163 Å². The summed E-state index contributed by atoms with van der Waals surface area (Å²) < 4.78 is 11.4. The van der Waals surface area contributed by atoms with E-state index in [1.165, 1.54) is 14.2 Å². The topological polar surface area (TPSA) is 94.5 Å². The molecule has 0 spiro atoms. The molecule has 0 saturated carbocycles. The van der Waals surface area contributed by atoms with Gasteiger partial charge in [0.2, 0.25) is 5.91 Å². The van der Waals surface area contributed by atoms with Gasteiger partial charge in [0, 0.05) is 26.1 Å². The van der Waals surface area contributed by atoms with Crippen molar-refractivity contribution < 1.29 is 19.1 Å². The fourth-order valence-electron chi connectivity index (χ4n) is 3.48. The van der Waals surface area contributed by atoms with Crippen molar-refractivity contribution in [3.63, 3.8) is 0 Å². The van der Waals surface area contributed by atoms with Gasteiger partial charge in [0.25, 0.3) is 0 Å². The van der Waals surface area contributed by atoms with E-state index in [-0.39, 0.29) is 18.2 Å². The molecule has 1 atom stereocenters. The molecule has 3 rings (SSSR count). The number of ether oxygens (including phenoxy) is 2. The van der Waals surface area contributed by atoms with Gasteiger partial charge in [-0.05, 0) is 31.2 Å². The number of pyridine rings is 1. The van der Waals surface area contributed by atoms with Crippen LogP contribution in [0.2, 0.25) is 0 Å². The number of carbonyl (C=O) groups is 2. The highest BCUT2D eigenvalue weighted by Gasteiger charge is 2.24. The largest absolute Gasteiger partial charge is 0.464 e. The van der Waals surface area contributed by atoms with Crippen LogP contribution in [0.25, 0.3) is 11.0 Å². The molecule has 8 heteroatoms. The molecule has 0 radical (unpaired) electrons. The first kappa shape index (κ1) is 19.9. The van der Waals surface area contributed by atoms with E-state index in [0.29, 0.717) is 22.6 Å². The quantitative estimate of drug-likeness (QED) is 0.561. The normalized spacial score (nSPS) is 16.2. The van der Waals surface area contributed by atoms with E-state index < -0.39 is 5.97 Å². The zero-order chi connectivity index (χ0) is 20.1. The van der Waals surface area contributed by atoms with Crippen LogP contribution in [0.4, 0.5) is 11.4 Å². The highest BCUT2D eigenvalue weighted by molar-refractivity contribution is 6.11. The maximum Gasteiger partial charge on any atom is 0.356 e. The number of esters is 1. The first-order valence-electron chi connectivity index (χ1n) is 9.29. The number of fused-ring (bicyclic) bond motifs is 1. The van der Waals surface area contributed by atoms with Crippen molar-refractivity contribution >= 4 is 34.3 Å². The molecule has 1 aliphatic carbocycles. The first-order valence-corrected chi connectivity index (χ1v) is 9.29. The predicted molar refractivity (Wildman–Crippen MR) is 108 cm³/mol. The Bertz CT molecular complexity index is 903. The molecule has 2 heterocycles. The zero-order valence-electron chi connectivity index (χ0n) is 16.4. The van der Waals surface area contributed by atoms with Gasteiger partial charge in [-0.2, -0.15) is 0 Å². The minimum Gasteiger partial charge on any atom is -0.464 e. The number of rotatable bonds is 7. The number of allylic oxidation sites excluding steroid dienone is 2. The Hall–Kier alpha value is -2.87. The number of aromatic nitrogens is 2. The van der Waals surface area contributed by atoms with Gasteiger partial charge < -0.3 is 24.7 Å². The minimum absolute atomic E-state index is 0.114. The van der Waals surface area contributed by atoms with Crippen LogP contribution in [-0.4, -0.2) is 48.8 Å². The highest BCUT2D eigenvalue weighted by Crippen LogP contribution is 2.32. The second-order valence-corrected chi connectivity index (χ2v) is 6.88. The second-order valence-electron chi connectivity index (χ2n) is 6.88. The third-order valence-electron chi connectivity index (χ3n) is 4.92. The van der Waals surface area contributed by atoms with Crippen LogP contribution in [0.5, 0.6) is 0 Å². The van der Waals surface area contributed by atoms with Gasteiger partial charge >= 0.3 is 5.97 Å². The van der Waals surface area contributed by atoms with E-state index in [1.807, 2.05) is 6.07 Å². The van der Waals surface area contributed by atoms with Gasteiger partial charge in [-0.25, -0.2) is 9.78 Å². The first-order chi connectivity index (χ1) is 13.5. The van der Waals surface area contributed by atoms with Crippen LogP contribution in [0.1, 0.15) is 29.8 Å². The molecule has 28 heavy (non-hydrogen) atoms. The molecule has 0 saturated heterocycles. The Kier molecular flexibility index (Phi) is 6.30. The van der Waals surface area contributed by atoms with Gasteiger partial charge in [0.05, 0.1) is 24.7 Å². The summed E-state index contributed by atoms with van der Waals surface area (Å²) in [7, 11) is 4.46. The summed E-state index contributed by atoms with van der Waals surface area (Å²) in [5.74, 6) is -0.313. The lowest BCUT2D eigenvalue weighted by Gasteiger charge is -2.18. The lowest BCUT2D eigenvalue weighted by atomic mass is 9.94. The maximum absolute atomic E-state index is 12.3. The molecular weight excluding hydrogens is 360 g/mol. The SMILES string of the molecule is COCC(=O)Nc1c(C(=O)OC)n(C)c2ncc(NC[C@@H]3CC=CCC3)cc12. The average molecular weight is 386 g/mol. The predicted octanol–water partition coefficient (Wildman–Crippen LogP) is 2.71. The van der Waals surface area contributed by atoms with E-state index in [4.69, 9.17) is 9.47 Å². The number of carbonyl (C=O) groups excluding carboxylic acids is 2. The van der Waals surface area contributed by atoms with Crippen molar-refractivity contribution in [2.45, 2.75) is 19.3 Å². The van der Waals surface area contributed by atoms with Crippen molar-refractivity contribution in [3.8, 4) is 0 Å². The number of methoxy groups -OCH3 is 2. The van der Waals surface area contributed by atoms with Crippen molar-refractivity contribution in [2.75, 3.05) is 38.0 Å². The molecular formula is C20H26N4O4. The van der Waals surface area contributed by atoms with Crippen LogP contribution >= 0.6 is 0 Å². The molecule has 2 aromatic rings. The molecule has 2 N–H and O–H groups in total. The molecule has 0 unspecified atom stereocenters. The Morgan fingerprint density at radius 2 is 2.14 bits per heavy atom. The number of hydrogen-bond acceptors (Lipinski definition) is 6. The van der Waals surface area contributed by atoms with Crippen LogP contribution < -0.4 is 10.6 Å². The summed E-state index contributed by atoms with van der Waals surface area (Å²) in [5, 5.41) is 6.85. The lowest BCUT2D eigenvalue weighted by Crippen LogP contribution is -2.19. The van der Waals surface area contributed by atoms with Crippen molar-refractivity contribution in [3.05, 3.63) is 30.1 Å². The number of hydrogen-bond donors (Lipinski definition) is 2. The minimum atomic E-state index is -0.545. The number of anilines is 2. The fraction of sp³-hybridized carbons (Fsp3) is 0.450. The smallest absolute Gasteiger partial charge is 0.356 e. The average Bonchev–Trinajstić information content (AvgIpc) is 2.98. The Balaban J connectivity index is 1.93. The van der Waals surface area contributed by atoms with Crippen LogP contribution in [0.15, 0.2) is 24.4 Å². The summed E-state index contributed by atoms with van der Waals surface area (Å²) in [5.41, 5.74) is 2.04. The number of nitrogens with one attached hydrogen (secondary N) is 2. The number of aryl methyl sites for hydroxylation is 1. The highest BCUT2D eigenvalue weighted by atomic mass is 16.5. The summed E-state index contributed by atoms with van der Waals surface area (Å²) >= 11 is 0. The summed E-state index contributed by atoms with van der Waals surface area (Å²) in [4.78, 5) is 28.9. The summed E-state index contributed by atoms with van der Waals surface area (Å²) in [6.07, 6.45) is 9.52. The zero-order valence-corrected chi connectivity index (χ0v) is 16.4.